The van der Waals surface area contributed by atoms with Gasteiger partial charge < -0.3 is 10.6 Å². The lowest BCUT2D eigenvalue weighted by Crippen LogP contribution is -2.19. The normalized spacial score (nSPS) is 10.4. The van der Waals surface area contributed by atoms with Crippen LogP contribution in [0.5, 0.6) is 0 Å². The van der Waals surface area contributed by atoms with E-state index < -0.39 is 0 Å². The van der Waals surface area contributed by atoms with Crippen LogP contribution in [0.15, 0.2) is 103 Å². The summed E-state index contributed by atoms with van der Waals surface area (Å²) < 4.78 is 0. The standard InChI is InChI=1S/C28H25N3O2/c32-25(17-14-22-7-6-18-29-20-22)19-21-12-15-24(16-13-21)30-28(33)31-27-11-5-4-10-26(27)23-8-2-1-3-9-23/h1-13,15-16,18,20H,14,17,19H2,(H2,30,31,33). The maximum atomic E-state index is 12.6. The van der Waals surface area contributed by atoms with Crippen LogP contribution in [0.2, 0.25) is 0 Å². The maximum Gasteiger partial charge on any atom is 0.323 e. The number of para-hydroxylation sites is 1. The summed E-state index contributed by atoms with van der Waals surface area (Å²) in [5.74, 6) is 0.176. The zero-order valence-electron chi connectivity index (χ0n) is 18.2. The van der Waals surface area contributed by atoms with Crippen molar-refractivity contribution in [3.63, 3.8) is 0 Å². The Hall–Kier alpha value is -4.25. The Morgan fingerprint density at radius 2 is 1.48 bits per heavy atom. The average Bonchev–Trinajstić information content (AvgIpc) is 2.85. The molecule has 33 heavy (non-hydrogen) atoms. The van der Waals surface area contributed by atoms with Crippen LogP contribution in [-0.2, 0) is 17.6 Å². The highest BCUT2D eigenvalue weighted by molar-refractivity contribution is 6.02. The molecule has 0 radical (unpaired) electrons. The van der Waals surface area contributed by atoms with Gasteiger partial charge >= 0.3 is 6.03 Å². The van der Waals surface area contributed by atoms with E-state index in [0.29, 0.717) is 24.9 Å². The van der Waals surface area contributed by atoms with E-state index in [1.54, 1.807) is 12.4 Å². The monoisotopic (exact) mass is 435 g/mol. The van der Waals surface area contributed by atoms with Gasteiger partial charge in [-0.05, 0) is 47.4 Å². The molecule has 0 spiro atoms. The molecule has 4 aromatic rings. The van der Waals surface area contributed by atoms with Crippen molar-refractivity contribution in [1.29, 1.82) is 0 Å². The van der Waals surface area contributed by atoms with Gasteiger partial charge in [-0.25, -0.2) is 4.79 Å². The van der Waals surface area contributed by atoms with E-state index in [0.717, 1.165) is 27.9 Å². The number of aryl methyl sites for hydroxylation is 1. The number of hydrogen-bond donors (Lipinski definition) is 2. The van der Waals surface area contributed by atoms with Gasteiger partial charge in [-0.1, -0.05) is 66.7 Å². The summed E-state index contributed by atoms with van der Waals surface area (Å²) in [5.41, 5.74) is 5.37. The minimum atomic E-state index is -0.321. The highest BCUT2D eigenvalue weighted by atomic mass is 16.2. The molecule has 1 heterocycles. The summed E-state index contributed by atoms with van der Waals surface area (Å²) in [5, 5.41) is 5.78. The number of ketones is 1. The Labute approximate surface area is 193 Å². The van der Waals surface area contributed by atoms with Crippen LogP contribution < -0.4 is 10.6 Å². The first-order valence-electron chi connectivity index (χ1n) is 10.9. The first-order valence-corrected chi connectivity index (χ1v) is 10.9. The predicted molar refractivity (Wildman–Crippen MR) is 132 cm³/mol. The van der Waals surface area contributed by atoms with Crippen LogP contribution in [0, 0.1) is 0 Å². The van der Waals surface area contributed by atoms with Gasteiger partial charge in [0.15, 0.2) is 0 Å². The molecule has 0 fully saturated rings. The van der Waals surface area contributed by atoms with Crippen molar-refractivity contribution in [3.05, 3.63) is 115 Å². The molecule has 0 aliphatic carbocycles. The van der Waals surface area contributed by atoms with Gasteiger partial charge in [0.25, 0.3) is 0 Å². The van der Waals surface area contributed by atoms with Gasteiger partial charge in [0.2, 0.25) is 0 Å². The number of carbonyl (C=O) groups excluding carboxylic acids is 2. The lowest BCUT2D eigenvalue weighted by molar-refractivity contribution is -0.118. The number of nitrogens with zero attached hydrogens (tertiary/aromatic N) is 1. The van der Waals surface area contributed by atoms with Gasteiger partial charge in [-0.15, -0.1) is 0 Å². The number of nitrogens with one attached hydrogen (secondary N) is 2. The van der Waals surface area contributed by atoms with Crippen LogP contribution in [0.3, 0.4) is 0 Å². The second kappa shape index (κ2) is 10.9. The number of carbonyl (C=O) groups is 2. The van der Waals surface area contributed by atoms with Crippen LogP contribution in [0.4, 0.5) is 16.2 Å². The summed E-state index contributed by atoms with van der Waals surface area (Å²) in [6.45, 7) is 0. The summed E-state index contributed by atoms with van der Waals surface area (Å²) in [4.78, 5) is 28.9. The first-order chi connectivity index (χ1) is 16.2. The molecule has 5 nitrogen and oxygen atoms in total. The molecule has 164 valence electrons. The lowest BCUT2D eigenvalue weighted by atomic mass is 10.0. The molecule has 0 atom stereocenters. The Morgan fingerprint density at radius 1 is 0.727 bits per heavy atom. The van der Waals surface area contributed by atoms with E-state index in [-0.39, 0.29) is 11.8 Å². The van der Waals surface area contributed by atoms with Crippen molar-refractivity contribution >= 4 is 23.2 Å². The molecule has 4 rings (SSSR count). The number of amides is 2. The van der Waals surface area contributed by atoms with Crippen molar-refractivity contribution in [2.75, 3.05) is 10.6 Å². The fraction of sp³-hybridized carbons (Fsp3) is 0.107. The zero-order valence-corrected chi connectivity index (χ0v) is 18.2. The highest BCUT2D eigenvalue weighted by Gasteiger charge is 2.09. The maximum absolute atomic E-state index is 12.6. The van der Waals surface area contributed by atoms with Crippen molar-refractivity contribution in [2.24, 2.45) is 0 Å². The minimum Gasteiger partial charge on any atom is -0.308 e. The summed E-state index contributed by atoms with van der Waals surface area (Å²) >= 11 is 0. The van der Waals surface area contributed by atoms with Gasteiger partial charge in [-0.2, -0.15) is 0 Å². The fourth-order valence-corrected chi connectivity index (χ4v) is 3.60. The molecule has 0 unspecified atom stereocenters. The Bertz CT molecular complexity index is 1210. The molecule has 1 aromatic heterocycles. The van der Waals surface area contributed by atoms with E-state index >= 15 is 0 Å². The third-order valence-corrected chi connectivity index (χ3v) is 5.29. The summed E-state index contributed by atoms with van der Waals surface area (Å²) in [7, 11) is 0. The molecule has 0 saturated heterocycles. The molecule has 0 bridgehead atoms. The molecule has 3 aromatic carbocycles. The number of Topliss-reactive ketones (excluding diaryl/α,β-unsaturated/α-hetero) is 1. The third-order valence-electron chi connectivity index (χ3n) is 5.29. The lowest BCUT2D eigenvalue weighted by Gasteiger charge is -2.12. The van der Waals surface area contributed by atoms with Crippen molar-refractivity contribution in [3.8, 4) is 11.1 Å². The molecule has 0 saturated carbocycles. The molecular formula is C28H25N3O2. The zero-order chi connectivity index (χ0) is 22.9. The van der Waals surface area contributed by atoms with E-state index in [9.17, 15) is 9.59 Å². The smallest absolute Gasteiger partial charge is 0.308 e. The highest BCUT2D eigenvalue weighted by Crippen LogP contribution is 2.27. The molecule has 0 aliphatic rings. The van der Waals surface area contributed by atoms with Crippen LogP contribution in [0.1, 0.15) is 17.5 Å². The summed E-state index contributed by atoms with van der Waals surface area (Å²) in [6.07, 6.45) is 5.06. The van der Waals surface area contributed by atoms with Crippen LogP contribution >= 0.6 is 0 Å². The molecule has 5 heteroatoms. The van der Waals surface area contributed by atoms with Crippen molar-refractivity contribution in [2.45, 2.75) is 19.3 Å². The summed E-state index contributed by atoms with van der Waals surface area (Å²) in [6, 6.07) is 28.5. The van der Waals surface area contributed by atoms with Crippen molar-refractivity contribution in [1.82, 2.24) is 4.98 Å². The minimum absolute atomic E-state index is 0.176. The predicted octanol–water partition coefficient (Wildman–Crippen LogP) is 6.14. The topological polar surface area (TPSA) is 71.1 Å². The van der Waals surface area contributed by atoms with Gasteiger partial charge in [0.1, 0.15) is 5.78 Å². The number of pyridine rings is 1. The van der Waals surface area contributed by atoms with Gasteiger partial charge in [0, 0.05) is 36.5 Å². The molecule has 2 N–H and O–H groups in total. The molecule has 2 amide bonds. The molecular weight excluding hydrogens is 410 g/mol. The van der Waals surface area contributed by atoms with E-state index in [4.69, 9.17) is 0 Å². The number of anilines is 2. The largest absolute Gasteiger partial charge is 0.323 e. The quantitative estimate of drug-likeness (QED) is 0.349. The number of benzene rings is 3. The number of aromatic nitrogens is 1. The second-order valence-corrected chi connectivity index (χ2v) is 7.76. The third kappa shape index (κ3) is 6.37. The van der Waals surface area contributed by atoms with Gasteiger partial charge in [-0.3, -0.25) is 9.78 Å². The van der Waals surface area contributed by atoms with Crippen molar-refractivity contribution < 1.29 is 9.59 Å². The number of hydrogen-bond acceptors (Lipinski definition) is 3. The first kappa shape index (κ1) is 22.0. The van der Waals surface area contributed by atoms with E-state index in [2.05, 4.69) is 15.6 Å². The number of rotatable bonds is 8. The fourth-order valence-electron chi connectivity index (χ4n) is 3.60. The Kier molecular flexibility index (Phi) is 7.23. The molecule has 0 aliphatic heterocycles. The number of urea groups is 1. The Morgan fingerprint density at radius 3 is 2.24 bits per heavy atom. The SMILES string of the molecule is O=C(CCc1cccnc1)Cc1ccc(NC(=O)Nc2ccccc2-c2ccccc2)cc1. The van der Waals surface area contributed by atoms with Crippen LogP contribution in [0.25, 0.3) is 11.1 Å². The average molecular weight is 436 g/mol. The van der Waals surface area contributed by atoms with Gasteiger partial charge in [0.05, 0.1) is 5.69 Å². The van der Waals surface area contributed by atoms with E-state index in [1.807, 2.05) is 91.0 Å². The Balaban J connectivity index is 1.31. The van der Waals surface area contributed by atoms with E-state index in [1.165, 1.54) is 0 Å². The second-order valence-electron chi connectivity index (χ2n) is 7.76. The van der Waals surface area contributed by atoms with Crippen LogP contribution in [-0.4, -0.2) is 16.8 Å².